The minimum absolute atomic E-state index is 0.0962. The van der Waals surface area contributed by atoms with E-state index < -0.39 is 137 Å². The van der Waals surface area contributed by atoms with Crippen molar-refractivity contribution in [3.63, 3.8) is 0 Å². The van der Waals surface area contributed by atoms with Crippen LogP contribution in [0.3, 0.4) is 0 Å². The number of carbonyl (C=O) groups excluding carboxylic acids is 6. The van der Waals surface area contributed by atoms with Gasteiger partial charge in [-0.2, -0.15) is 0 Å². The van der Waals surface area contributed by atoms with E-state index in [9.17, 15) is 115 Å². The molecule has 9 rings (SSSR count). The molecule has 0 aliphatic carbocycles. The summed E-state index contributed by atoms with van der Waals surface area (Å²) in [4.78, 5) is 212. The van der Waals surface area contributed by atoms with Crippen molar-refractivity contribution in [2.75, 3.05) is 72.3 Å². The van der Waals surface area contributed by atoms with Crippen molar-refractivity contribution in [3.05, 3.63) is 139 Å². The first kappa shape index (κ1) is 104. The van der Waals surface area contributed by atoms with Crippen LogP contribution in [-0.4, -0.2) is 205 Å². The molecule has 12 N–H and O–H groups in total. The lowest BCUT2D eigenvalue weighted by molar-refractivity contribution is -0.137. The van der Waals surface area contributed by atoms with Crippen LogP contribution in [0.2, 0.25) is 15.1 Å². The third-order valence-electron chi connectivity index (χ3n) is 18.2. The second kappa shape index (κ2) is 49.5. The van der Waals surface area contributed by atoms with E-state index in [0.717, 1.165) is 63.4 Å². The van der Waals surface area contributed by atoms with Gasteiger partial charge in [-0.05, 0) is 158 Å². The van der Waals surface area contributed by atoms with Crippen LogP contribution < -0.4 is 27.1 Å². The number of halogens is 3. The molecule has 3 saturated heterocycles. The standard InChI is InChI=1S/2C25H33ClN2O12P2.C24H31ClN2O12P2/c1-17-9-5-2-3-8-12-37-25(30)23-19(14-18(13-17)27-38-16-22(29)28-10-6-4-7-11-28)24(26)21(40-42(34,35)36)15-20(23)39-41(31,32)33;1-17-10-6-3-2-4-7-11-18(27-37-16-22(29)28-12-8-5-9-13-28)14-19-23(25(30)38-17)20(39-41(31,32)33)15-21(24(19)26)40-42(34,35)36;25-23-18-14-17(26-37-16-21(28)27-11-7-5-8-12-27)10-6-3-1-2-4-9-13-36-24(29)22(18)19(38-40(30,31)32)15-20(23)39-41(33,34)35/h2-3,13,15H,4-12,14,16H2,1H3,(H2,31,32,33)(H2,34,35,36);3,6-7,11,15,17H,2,4-5,8-10,12-14,16H2,1H3,(H2,31,32,33)(H2,34,35,36);2,4,6,10,15H,1,3,5,7-9,11-14,16H2,(H2,30,31,32)(H2,33,34,35)/b3-2+,17-13+,27-18+;6-3+,11-7+,27-18+;4-2+,10-6+,26-17+/t;17-;/m.1./s1. The average Bonchev–Trinajstić information content (AvgIpc) is 0.780. The second-order valence-corrected chi connectivity index (χ2v) is 36.4. The van der Waals surface area contributed by atoms with Crippen LogP contribution >= 0.6 is 81.7 Å². The predicted molar refractivity (Wildman–Crippen MR) is 449 cm³/mol. The number of hydrogen-bond acceptors (Lipinski definition) is 27. The number of esters is 3. The molecule has 0 radical (unpaired) electrons. The van der Waals surface area contributed by atoms with Gasteiger partial charge in [-0.15, -0.1) is 0 Å². The molecule has 1 atom stereocenters. The first-order chi connectivity index (χ1) is 58.8. The van der Waals surface area contributed by atoms with E-state index >= 15 is 0 Å². The number of cyclic esters (lactones) is 3. The maximum atomic E-state index is 13.4. The zero-order chi connectivity index (χ0) is 91.9. The third-order valence-corrected chi connectivity index (χ3v) is 22.0. The van der Waals surface area contributed by atoms with Crippen molar-refractivity contribution in [1.82, 2.24) is 14.7 Å². The lowest BCUT2D eigenvalue weighted by Crippen LogP contribution is -2.37. The summed E-state index contributed by atoms with van der Waals surface area (Å²) in [5.41, 5.74) is -1.07. The van der Waals surface area contributed by atoms with Gasteiger partial charge >= 0.3 is 64.8 Å². The lowest BCUT2D eigenvalue weighted by atomic mass is 9.98. The van der Waals surface area contributed by atoms with Crippen LogP contribution in [0.25, 0.3) is 0 Å². The highest BCUT2D eigenvalue weighted by Gasteiger charge is 2.37. The fourth-order valence-electron chi connectivity index (χ4n) is 12.7. The van der Waals surface area contributed by atoms with E-state index in [4.69, 9.17) is 72.6 Å². The fourth-order valence-corrected chi connectivity index (χ4v) is 16.0. The van der Waals surface area contributed by atoms with Crippen LogP contribution in [0.1, 0.15) is 177 Å². The quantitative estimate of drug-likeness (QED) is 0.0155. The van der Waals surface area contributed by atoms with Crippen LogP contribution in [0.4, 0.5) is 0 Å². The number of rotatable bonds is 21. The van der Waals surface area contributed by atoms with E-state index in [2.05, 4.69) is 33.6 Å². The van der Waals surface area contributed by atoms with E-state index in [1.54, 1.807) is 64.2 Å². The largest absolute Gasteiger partial charge is 0.524 e. The predicted octanol–water partition coefficient (Wildman–Crippen LogP) is 11.8. The Morgan fingerprint density at radius 1 is 0.400 bits per heavy atom. The summed E-state index contributed by atoms with van der Waals surface area (Å²) in [5, 5.41) is 10.7. The van der Waals surface area contributed by atoms with Gasteiger partial charge < -0.3 is 70.6 Å². The van der Waals surface area contributed by atoms with E-state index in [1.165, 1.54) is 6.08 Å². The molecule has 125 heavy (non-hydrogen) atoms. The van der Waals surface area contributed by atoms with Gasteiger partial charge in [-0.3, -0.25) is 73.1 Å². The van der Waals surface area contributed by atoms with Crippen molar-refractivity contribution in [3.8, 4) is 34.5 Å². The smallest absolute Gasteiger partial charge is 0.462 e. The highest BCUT2D eigenvalue weighted by Crippen LogP contribution is 2.53. The topological polar surface area (TPSA) is 605 Å². The SMILES string of the molecule is C/C1=C\C(=N/OCC(=O)N2CCCCC2)Cc2c(Cl)c(OP(=O)(O)O)cc(OP(=O)(O)O)c2C(=O)OCC/C=C/CC1.C[C@@H]1C/C=C/CC/C=C/C(=N\OCC(=O)N2CCCCC2)Cc2c(Cl)c(OP(=O)(O)O)cc(OP(=O)(O)O)c2C(=O)O1.O=C1OCC/C=C/CC/C=C/C(=N\OCC(=O)N2CCCCC2)Cc2c(Cl)c(OP(=O)(O)O)cc(OP(=O)(O)O)c21. The minimum Gasteiger partial charge on any atom is -0.462 e. The molecule has 0 aromatic heterocycles. The summed E-state index contributed by atoms with van der Waals surface area (Å²) in [5.74, 6) is -8.57. The molecule has 51 heteroatoms. The summed E-state index contributed by atoms with van der Waals surface area (Å²) >= 11 is 19.4. The van der Waals surface area contributed by atoms with Gasteiger partial charge in [0.15, 0.2) is 37.1 Å². The summed E-state index contributed by atoms with van der Waals surface area (Å²) in [6.45, 7) is 5.80. The van der Waals surface area contributed by atoms with Gasteiger partial charge in [0.05, 0.1) is 45.4 Å². The first-order valence-electron chi connectivity index (χ1n) is 38.8. The number of phosphoric ester groups is 6. The molecule has 3 amide bonds. The number of ether oxygens (including phenoxy) is 3. The summed E-state index contributed by atoms with van der Waals surface area (Å²) in [6, 6.07) is 2.02. The molecule has 0 bridgehead atoms. The molecule has 0 saturated carbocycles. The number of piperidine rings is 3. The number of likely N-dealkylation sites (tertiary alicyclic amines) is 3. The zero-order valence-corrected chi connectivity index (χ0v) is 75.1. The number of fused-ring (bicyclic) bond motifs is 3. The Kier molecular flexibility index (Phi) is 41.1. The monoisotopic (exact) mass is 1940 g/mol. The minimum atomic E-state index is -5.31. The Hall–Kier alpha value is -8.10. The molecular formula is C74H97Cl3N6O36P6. The molecule has 6 aliphatic rings. The van der Waals surface area contributed by atoms with Crippen LogP contribution in [0.15, 0.2) is 106 Å². The second-order valence-electron chi connectivity index (χ2n) is 28.2. The maximum Gasteiger partial charge on any atom is 0.524 e. The van der Waals surface area contributed by atoms with E-state index in [-0.39, 0.29) is 104 Å². The first-order valence-corrected chi connectivity index (χ1v) is 49.1. The Labute approximate surface area is 732 Å². The maximum absolute atomic E-state index is 13.4. The van der Waals surface area contributed by atoms with Gasteiger partial charge in [-0.1, -0.05) is 104 Å². The van der Waals surface area contributed by atoms with Crippen LogP contribution in [0.5, 0.6) is 34.5 Å². The number of benzene rings is 3. The van der Waals surface area contributed by atoms with Crippen molar-refractivity contribution < 1.29 is 171 Å². The van der Waals surface area contributed by atoms with Gasteiger partial charge in [0.2, 0.25) is 0 Å². The number of amides is 3. The number of nitrogens with zero attached hydrogens (tertiary/aromatic N) is 6. The number of oxime groups is 3. The number of carbonyl (C=O) groups is 6. The molecule has 0 unspecified atom stereocenters. The summed E-state index contributed by atoms with van der Waals surface area (Å²) < 4.78 is 114. The number of phosphoric acid groups is 6. The fraction of sp³-hybridized carbons (Fsp3) is 0.473. The molecule has 3 fully saturated rings. The van der Waals surface area contributed by atoms with Crippen molar-refractivity contribution >= 4 is 135 Å². The third kappa shape index (κ3) is 37.6. The number of hydrogen-bond donors (Lipinski definition) is 12. The zero-order valence-electron chi connectivity index (χ0n) is 67.5. The molecule has 6 aliphatic heterocycles. The average molecular weight is 1940 g/mol. The van der Waals surface area contributed by atoms with Gasteiger partial charge in [0.1, 0.15) is 40.0 Å². The lowest BCUT2D eigenvalue weighted by Gasteiger charge is -2.26. The van der Waals surface area contributed by atoms with Gasteiger partial charge in [-0.25, -0.2) is 41.8 Å². The van der Waals surface area contributed by atoms with Crippen molar-refractivity contribution in [1.29, 1.82) is 0 Å². The normalized spacial score (nSPS) is 20.6. The van der Waals surface area contributed by atoms with Gasteiger partial charge in [0.25, 0.3) is 17.7 Å². The molecule has 3 aromatic rings. The Morgan fingerprint density at radius 2 is 0.688 bits per heavy atom. The van der Waals surface area contributed by atoms with Crippen molar-refractivity contribution in [2.45, 2.75) is 155 Å². The van der Waals surface area contributed by atoms with Crippen LogP contribution in [0, 0.1) is 0 Å². The van der Waals surface area contributed by atoms with E-state index in [1.807, 2.05) is 25.2 Å². The van der Waals surface area contributed by atoms with Gasteiger partial charge in [0, 0.05) is 83.2 Å². The molecule has 6 heterocycles. The highest BCUT2D eigenvalue weighted by molar-refractivity contribution is 7.48. The van der Waals surface area contributed by atoms with Crippen molar-refractivity contribution in [2.24, 2.45) is 15.5 Å². The summed E-state index contributed by atoms with van der Waals surface area (Å²) in [6.07, 6.45) is 30.7. The molecule has 0 spiro atoms. The Bertz CT molecular complexity index is 4930. The number of allylic oxidation sites excluding steroid dienone is 9. The Morgan fingerprint density at radius 3 is 1.03 bits per heavy atom. The Balaban J connectivity index is 0.000000257. The highest BCUT2D eigenvalue weighted by atomic mass is 35.5. The van der Waals surface area contributed by atoms with E-state index in [0.29, 0.717) is 115 Å². The molecule has 3 aromatic carbocycles. The molecule has 42 nitrogen and oxygen atoms in total. The van der Waals surface area contributed by atoms with Crippen LogP contribution in [-0.2, 0) is 89.8 Å². The molecular weight excluding hydrogens is 1840 g/mol. The summed E-state index contributed by atoms with van der Waals surface area (Å²) in [7, 11) is -31.6. The molecule has 690 valence electrons.